The van der Waals surface area contributed by atoms with E-state index >= 15 is 0 Å². The lowest BCUT2D eigenvalue weighted by Gasteiger charge is -2.46. The largest absolute Gasteiger partial charge is 0.458 e. The Labute approximate surface area is 131 Å². The molecule has 0 fully saturated rings. The van der Waals surface area contributed by atoms with Gasteiger partial charge in [0.25, 0.3) is 0 Å². The molecule has 0 amide bonds. The molecule has 1 aliphatic heterocycles. The lowest BCUT2D eigenvalue weighted by Crippen LogP contribution is -2.41. The van der Waals surface area contributed by atoms with Crippen molar-refractivity contribution >= 4 is 11.5 Å². The molecule has 1 heterocycles. The predicted octanol–water partition coefficient (Wildman–Crippen LogP) is 4.19. The van der Waals surface area contributed by atoms with Gasteiger partial charge < -0.3 is 4.74 Å². The fraction of sp³-hybridized carbons (Fsp3) is 0.450. The molecule has 0 spiro atoms. The van der Waals surface area contributed by atoms with E-state index in [2.05, 4.69) is 38.6 Å². The molecule has 3 aliphatic rings. The number of carbonyl (C=O) groups is 1. The quantitative estimate of drug-likeness (QED) is 0.726. The molecule has 4 rings (SSSR count). The van der Waals surface area contributed by atoms with Crippen LogP contribution in [0.15, 0.2) is 35.9 Å². The van der Waals surface area contributed by atoms with Gasteiger partial charge in [-0.15, -0.1) is 0 Å². The van der Waals surface area contributed by atoms with Gasteiger partial charge in [-0.05, 0) is 66.2 Å². The maximum Gasteiger partial charge on any atom is 0.334 e. The monoisotopic (exact) mass is 294 g/mol. The Balaban J connectivity index is 1.81. The first-order valence-electron chi connectivity index (χ1n) is 8.19. The second-order valence-electron chi connectivity index (χ2n) is 7.24. The molecule has 0 radical (unpaired) electrons. The van der Waals surface area contributed by atoms with Crippen LogP contribution in [0.1, 0.15) is 49.8 Å². The molecule has 2 nitrogen and oxygen atoms in total. The SMILES string of the molecule is C=C(C)c1ccc2c(c1)CC[C@H]1C3=C(CC[C@]21C)C(=O)OC3. The highest BCUT2D eigenvalue weighted by Gasteiger charge is 2.48. The Kier molecular flexibility index (Phi) is 2.87. The number of fused-ring (bicyclic) bond motifs is 4. The Morgan fingerprint density at radius 2 is 2.18 bits per heavy atom. The second kappa shape index (κ2) is 4.58. The Morgan fingerprint density at radius 3 is 2.95 bits per heavy atom. The van der Waals surface area contributed by atoms with Gasteiger partial charge in [0.1, 0.15) is 6.61 Å². The molecular weight excluding hydrogens is 272 g/mol. The minimum Gasteiger partial charge on any atom is -0.458 e. The molecule has 1 aromatic rings. The van der Waals surface area contributed by atoms with Gasteiger partial charge in [-0.1, -0.05) is 37.3 Å². The zero-order valence-corrected chi connectivity index (χ0v) is 13.4. The highest BCUT2D eigenvalue weighted by Crippen LogP contribution is 2.53. The lowest BCUT2D eigenvalue weighted by molar-refractivity contribution is -0.136. The number of cyclic esters (lactones) is 1. The standard InChI is InChI=1S/C20H22O2/c1-12(2)13-4-6-17-14(10-13)5-7-18-16-11-22-19(21)15(16)8-9-20(17,18)3/h4,6,10,18H,1,5,7-9,11H2,2-3H3/t18-,20+/m0/s1. The molecule has 2 heteroatoms. The van der Waals surface area contributed by atoms with Crippen LogP contribution in [0, 0.1) is 5.92 Å². The van der Waals surface area contributed by atoms with Crippen molar-refractivity contribution in [1.29, 1.82) is 0 Å². The van der Waals surface area contributed by atoms with Crippen LogP contribution < -0.4 is 0 Å². The van der Waals surface area contributed by atoms with Crippen LogP contribution >= 0.6 is 0 Å². The summed E-state index contributed by atoms with van der Waals surface area (Å²) in [5.74, 6) is 0.395. The number of allylic oxidation sites excluding steroid dienone is 1. The third-order valence-electron chi connectivity index (χ3n) is 5.99. The van der Waals surface area contributed by atoms with Crippen LogP contribution in [-0.4, -0.2) is 12.6 Å². The minimum absolute atomic E-state index is 0.0690. The van der Waals surface area contributed by atoms with E-state index in [1.807, 2.05) is 0 Å². The molecule has 0 unspecified atom stereocenters. The summed E-state index contributed by atoms with van der Waals surface area (Å²) in [6.45, 7) is 9.03. The van der Waals surface area contributed by atoms with E-state index in [0.29, 0.717) is 12.5 Å². The fourth-order valence-corrected chi connectivity index (χ4v) is 4.70. The Morgan fingerprint density at radius 1 is 1.36 bits per heavy atom. The second-order valence-corrected chi connectivity index (χ2v) is 7.24. The third kappa shape index (κ3) is 1.76. The van der Waals surface area contributed by atoms with Crippen molar-refractivity contribution in [1.82, 2.24) is 0 Å². The number of rotatable bonds is 1. The minimum atomic E-state index is -0.0690. The molecule has 0 saturated carbocycles. The van der Waals surface area contributed by atoms with Crippen molar-refractivity contribution in [2.24, 2.45) is 5.92 Å². The average molecular weight is 294 g/mol. The van der Waals surface area contributed by atoms with Crippen molar-refractivity contribution in [2.45, 2.75) is 44.9 Å². The molecular formula is C20H22O2. The Hall–Kier alpha value is -1.83. The van der Waals surface area contributed by atoms with E-state index in [9.17, 15) is 4.79 Å². The third-order valence-corrected chi connectivity index (χ3v) is 5.99. The summed E-state index contributed by atoms with van der Waals surface area (Å²) in [6, 6.07) is 6.82. The van der Waals surface area contributed by atoms with Crippen LogP contribution in [0.2, 0.25) is 0 Å². The van der Waals surface area contributed by atoms with Crippen LogP contribution in [0.4, 0.5) is 0 Å². The van der Waals surface area contributed by atoms with Gasteiger partial charge >= 0.3 is 5.97 Å². The number of esters is 1. The van der Waals surface area contributed by atoms with E-state index in [4.69, 9.17) is 4.74 Å². The molecule has 0 N–H and O–H groups in total. The molecule has 0 bridgehead atoms. The predicted molar refractivity (Wildman–Crippen MR) is 87.5 cm³/mol. The zero-order valence-electron chi connectivity index (χ0n) is 13.4. The summed E-state index contributed by atoms with van der Waals surface area (Å²) in [7, 11) is 0. The summed E-state index contributed by atoms with van der Waals surface area (Å²) in [5, 5.41) is 0. The smallest absolute Gasteiger partial charge is 0.334 e. The summed E-state index contributed by atoms with van der Waals surface area (Å²) < 4.78 is 5.31. The first-order valence-corrected chi connectivity index (χ1v) is 8.19. The number of aryl methyl sites for hydroxylation is 1. The normalized spacial score (nSPS) is 29.5. The number of hydrogen-bond donors (Lipinski definition) is 0. The topological polar surface area (TPSA) is 26.3 Å². The van der Waals surface area contributed by atoms with Gasteiger partial charge in [0.05, 0.1) is 0 Å². The lowest BCUT2D eigenvalue weighted by atomic mass is 9.57. The highest BCUT2D eigenvalue weighted by atomic mass is 16.5. The average Bonchev–Trinajstić information content (AvgIpc) is 2.87. The summed E-state index contributed by atoms with van der Waals surface area (Å²) in [4.78, 5) is 11.9. The number of carbonyl (C=O) groups excluding carboxylic acids is 1. The molecule has 2 aliphatic carbocycles. The van der Waals surface area contributed by atoms with E-state index in [1.54, 1.807) is 0 Å². The maximum absolute atomic E-state index is 11.9. The van der Waals surface area contributed by atoms with Crippen molar-refractivity contribution in [3.05, 3.63) is 52.6 Å². The summed E-state index contributed by atoms with van der Waals surface area (Å²) >= 11 is 0. The van der Waals surface area contributed by atoms with Gasteiger partial charge in [-0.25, -0.2) is 4.79 Å². The van der Waals surface area contributed by atoms with Crippen molar-refractivity contribution in [3.63, 3.8) is 0 Å². The summed E-state index contributed by atoms with van der Waals surface area (Å²) in [6.07, 6.45) is 4.12. The maximum atomic E-state index is 11.9. The molecule has 0 aromatic heterocycles. The Bertz CT molecular complexity index is 725. The number of benzene rings is 1. The van der Waals surface area contributed by atoms with E-state index in [-0.39, 0.29) is 11.4 Å². The first kappa shape index (κ1) is 13.8. The van der Waals surface area contributed by atoms with Gasteiger partial charge in [0, 0.05) is 5.57 Å². The van der Waals surface area contributed by atoms with E-state index in [0.717, 1.165) is 36.8 Å². The first-order chi connectivity index (χ1) is 10.5. The van der Waals surface area contributed by atoms with E-state index < -0.39 is 0 Å². The van der Waals surface area contributed by atoms with Crippen molar-refractivity contribution in [3.8, 4) is 0 Å². The molecule has 1 aromatic carbocycles. The fourth-order valence-electron chi connectivity index (χ4n) is 4.70. The molecule has 114 valence electrons. The number of hydrogen-bond acceptors (Lipinski definition) is 2. The molecule has 0 saturated heterocycles. The van der Waals surface area contributed by atoms with Crippen LogP contribution in [0.5, 0.6) is 0 Å². The van der Waals surface area contributed by atoms with Crippen molar-refractivity contribution < 1.29 is 9.53 Å². The van der Waals surface area contributed by atoms with Crippen LogP contribution in [0.3, 0.4) is 0 Å². The van der Waals surface area contributed by atoms with Crippen LogP contribution in [-0.2, 0) is 21.4 Å². The van der Waals surface area contributed by atoms with Gasteiger partial charge in [-0.2, -0.15) is 0 Å². The van der Waals surface area contributed by atoms with Crippen molar-refractivity contribution in [2.75, 3.05) is 6.61 Å². The van der Waals surface area contributed by atoms with Gasteiger partial charge in [0.15, 0.2) is 0 Å². The molecule has 2 atom stereocenters. The highest BCUT2D eigenvalue weighted by molar-refractivity contribution is 5.92. The zero-order chi connectivity index (χ0) is 15.5. The van der Waals surface area contributed by atoms with Gasteiger partial charge in [0.2, 0.25) is 0 Å². The molecule has 22 heavy (non-hydrogen) atoms. The number of ether oxygens (including phenoxy) is 1. The van der Waals surface area contributed by atoms with E-state index in [1.165, 1.54) is 22.3 Å². The van der Waals surface area contributed by atoms with Gasteiger partial charge in [-0.3, -0.25) is 0 Å². The summed E-state index contributed by atoms with van der Waals surface area (Å²) in [5.41, 5.74) is 7.72. The van der Waals surface area contributed by atoms with Crippen LogP contribution in [0.25, 0.3) is 5.57 Å².